The van der Waals surface area contributed by atoms with Crippen LogP contribution in [0.15, 0.2) is 66.7 Å². The number of ether oxygens (including phenoxy) is 2. The number of carboxylic acid groups (broad SMARTS) is 1. The number of aromatic carboxylic acids is 1. The van der Waals surface area contributed by atoms with E-state index in [9.17, 15) is 9.90 Å². The van der Waals surface area contributed by atoms with Gasteiger partial charge in [-0.15, -0.1) is 0 Å². The summed E-state index contributed by atoms with van der Waals surface area (Å²) >= 11 is 0. The number of hydrogen-bond acceptors (Lipinski definition) is 4. The molecule has 0 atom stereocenters. The summed E-state index contributed by atoms with van der Waals surface area (Å²) in [5.74, 6) is 0.453. The molecule has 0 aliphatic rings. The first kappa shape index (κ1) is 20.3. The van der Waals surface area contributed by atoms with Gasteiger partial charge in [0.1, 0.15) is 6.61 Å². The number of aryl methyl sites for hydroxylation is 1. The van der Waals surface area contributed by atoms with Gasteiger partial charge < -0.3 is 19.9 Å². The molecular weight excluding hydrogens is 366 g/mol. The summed E-state index contributed by atoms with van der Waals surface area (Å²) < 4.78 is 11.7. The molecule has 0 unspecified atom stereocenters. The monoisotopic (exact) mass is 391 g/mol. The van der Waals surface area contributed by atoms with Crippen molar-refractivity contribution in [3.05, 3.63) is 89.0 Å². The third-order valence-corrected chi connectivity index (χ3v) is 4.51. The molecule has 0 heterocycles. The van der Waals surface area contributed by atoms with Gasteiger partial charge in [0.15, 0.2) is 11.5 Å². The average Bonchev–Trinajstić information content (AvgIpc) is 2.73. The molecule has 0 aliphatic carbocycles. The van der Waals surface area contributed by atoms with Gasteiger partial charge in [0.05, 0.1) is 12.2 Å². The standard InChI is InChI=1S/C24H25NO4/c1-3-28-23-13-19(10-12-22(23)29-16-18-7-5-4-6-8-18)15-25-21-14-20(24(26)27)11-9-17(21)2/h4-14,25H,3,15-16H2,1-2H3,(H,26,27). The fourth-order valence-electron chi connectivity index (χ4n) is 2.93. The van der Waals surface area contributed by atoms with Crippen LogP contribution in [0.2, 0.25) is 0 Å². The number of anilines is 1. The van der Waals surface area contributed by atoms with Crippen molar-refractivity contribution in [2.45, 2.75) is 27.0 Å². The van der Waals surface area contributed by atoms with Gasteiger partial charge >= 0.3 is 5.97 Å². The van der Waals surface area contributed by atoms with E-state index in [-0.39, 0.29) is 5.56 Å². The Morgan fingerprint density at radius 2 is 1.72 bits per heavy atom. The number of carboxylic acids is 1. The zero-order chi connectivity index (χ0) is 20.6. The van der Waals surface area contributed by atoms with Crippen LogP contribution >= 0.6 is 0 Å². The molecule has 2 N–H and O–H groups in total. The smallest absolute Gasteiger partial charge is 0.335 e. The highest BCUT2D eigenvalue weighted by Gasteiger charge is 2.09. The fourth-order valence-corrected chi connectivity index (χ4v) is 2.93. The minimum atomic E-state index is -0.938. The van der Waals surface area contributed by atoms with Gasteiger partial charge in [-0.3, -0.25) is 0 Å². The highest BCUT2D eigenvalue weighted by molar-refractivity contribution is 5.89. The molecule has 0 fully saturated rings. The third-order valence-electron chi connectivity index (χ3n) is 4.51. The first-order valence-corrected chi connectivity index (χ1v) is 9.57. The molecule has 3 rings (SSSR count). The van der Waals surface area contributed by atoms with Gasteiger partial charge in [0.2, 0.25) is 0 Å². The predicted molar refractivity (Wildman–Crippen MR) is 114 cm³/mol. The molecule has 0 aliphatic heterocycles. The maximum atomic E-state index is 11.2. The summed E-state index contributed by atoms with van der Waals surface area (Å²) in [5, 5.41) is 12.5. The number of rotatable bonds is 9. The van der Waals surface area contributed by atoms with Crippen molar-refractivity contribution in [3.8, 4) is 11.5 Å². The van der Waals surface area contributed by atoms with E-state index in [2.05, 4.69) is 5.32 Å². The van der Waals surface area contributed by atoms with Crippen LogP contribution in [0.25, 0.3) is 0 Å². The molecule has 0 saturated carbocycles. The van der Waals surface area contributed by atoms with Crippen LogP contribution in [0.3, 0.4) is 0 Å². The summed E-state index contributed by atoms with van der Waals surface area (Å²) in [4.78, 5) is 11.2. The SMILES string of the molecule is CCOc1cc(CNc2cc(C(=O)O)ccc2C)ccc1OCc1ccccc1. The summed E-state index contributed by atoms with van der Waals surface area (Å²) in [5.41, 5.74) is 4.16. The van der Waals surface area contributed by atoms with E-state index in [4.69, 9.17) is 9.47 Å². The van der Waals surface area contributed by atoms with Crippen molar-refractivity contribution in [1.29, 1.82) is 0 Å². The summed E-state index contributed by atoms with van der Waals surface area (Å²) in [6.07, 6.45) is 0. The lowest BCUT2D eigenvalue weighted by molar-refractivity contribution is 0.0697. The topological polar surface area (TPSA) is 67.8 Å². The average molecular weight is 391 g/mol. The molecule has 0 radical (unpaired) electrons. The van der Waals surface area contributed by atoms with E-state index in [1.165, 1.54) is 0 Å². The van der Waals surface area contributed by atoms with Crippen molar-refractivity contribution in [3.63, 3.8) is 0 Å². The Morgan fingerprint density at radius 1 is 0.931 bits per heavy atom. The van der Waals surface area contributed by atoms with Gasteiger partial charge in [-0.25, -0.2) is 4.79 Å². The first-order chi connectivity index (χ1) is 14.1. The van der Waals surface area contributed by atoms with Crippen LogP contribution in [0.5, 0.6) is 11.5 Å². The van der Waals surface area contributed by atoms with Crippen molar-refractivity contribution < 1.29 is 19.4 Å². The van der Waals surface area contributed by atoms with Crippen LogP contribution in [-0.2, 0) is 13.2 Å². The maximum Gasteiger partial charge on any atom is 0.335 e. The molecule has 0 bridgehead atoms. The molecule has 29 heavy (non-hydrogen) atoms. The van der Waals surface area contributed by atoms with Crippen LogP contribution in [0.1, 0.15) is 34.0 Å². The molecule has 5 heteroatoms. The van der Waals surface area contributed by atoms with E-state index in [0.29, 0.717) is 31.3 Å². The Kier molecular flexibility index (Phi) is 6.74. The van der Waals surface area contributed by atoms with E-state index in [1.807, 2.05) is 62.4 Å². The normalized spacial score (nSPS) is 10.4. The second kappa shape index (κ2) is 9.64. The van der Waals surface area contributed by atoms with Gasteiger partial charge in [0, 0.05) is 12.2 Å². The molecule has 0 aromatic heterocycles. The van der Waals surface area contributed by atoms with Gasteiger partial charge in [-0.2, -0.15) is 0 Å². The zero-order valence-electron chi connectivity index (χ0n) is 16.6. The van der Waals surface area contributed by atoms with E-state index < -0.39 is 5.97 Å². The minimum absolute atomic E-state index is 0.262. The summed E-state index contributed by atoms with van der Waals surface area (Å²) in [7, 11) is 0. The quantitative estimate of drug-likeness (QED) is 0.519. The van der Waals surface area contributed by atoms with Gasteiger partial charge in [-0.1, -0.05) is 42.5 Å². The van der Waals surface area contributed by atoms with E-state index in [0.717, 1.165) is 22.4 Å². The lowest BCUT2D eigenvalue weighted by Gasteiger charge is -2.15. The number of nitrogens with one attached hydrogen (secondary N) is 1. The molecular formula is C24H25NO4. The van der Waals surface area contributed by atoms with E-state index >= 15 is 0 Å². The highest BCUT2D eigenvalue weighted by Crippen LogP contribution is 2.30. The molecule has 0 amide bonds. The molecule has 0 spiro atoms. The van der Waals surface area contributed by atoms with Crippen LogP contribution in [-0.4, -0.2) is 17.7 Å². The second-order valence-corrected chi connectivity index (χ2v) is 6.68. The van der Waals surface area contributed by atoms with Crippen molar-refractivity contribution in [2.75, 3.05) is 11.9 Å². The molecule has 5 nitrogen and oxygen atoms in total. The van der Waals surface area contributed by atoms with Gasteiger partial charge in [-0.05, 0) is 54.8 Å². The Balaban J connectivity index is 1.71. The number of carbonyl (C=O) groups is 1. The molecule has 3 aromatic carbocycles. The van der Waals surface area contributed by atoms with Crippen molar-refractivity contribution in [2.24, 2.45) is 0 Å². The molecule has 3 aromatic rings. The predicted octanol–water partition coefficient (Wildman–Crippen LogP) is 5.28. The number of hydrogen-bond donors (Lipinski definition) is 2. The van der Waals surface area contributed by atoms with E-state index in [1.54, 1.807) is 18.2 Å². The minimum Gasteiger partial charge on any atom is -0.490 e. The lowest BCUT2D eigenvalue weighted by atomic mass is 10.1. The fraction of sp³-hybridized carbons (Fsp3) is 0.208. The van der Waals surface area contributed by atoms with Crippen LogP contribution in [0.4, 0.5) is 5.69 Å². The maximum absolute atomic E-state index is 11.2. The zero-order valence-corrected chi connectivity index (χ0v) is 16.6. The van der Waals surface area contributed by atoms with Crippen molar-refractivity contribution >= 4 is 11.7 Å². The van der Waals surface area contributed by atoms with Crippen molar-refractivity contribution in [1.82, 2.24) is 0 Å². The molecule has 150 valence electrons. The Bertz CT molecular complexity index is 970. The van der Waals surface area contributed by atoms with Crippen LogP contribution < -0.4 is 14.8 Å². The highest BCUT2D eigenvalue weighted by atomic mass is 16.5. The Morgan fingerprint density at radius 3 is 2.45 bits per heavy atom. The number of benzene rings is 3. The first-order valence-electron chi connectivity index (χ1n) is 9.57. The third kappa shape index (κ3) is 5.51. The summed E-state index contributed by atoms with van der Waals surface area (Å²) in [6.45, 7) is 5.44. The largest absolute Gasteiger partial charge is 0.490 e. The molecule has 0 saturated heterocycles. The van der Waals surface area contributed by atoms with Gasteiger partial charge in [0.25, 0.3) is 0 Å². The Hall–Kier alpha value is -3.47. The Labute approximate surface area is 170 Å². The lowest BCUT2D eigenvalue weighted by Crippen LogP contribution is -2.05. The second-order valence-electron chi connectivity index (χ2n) is 6.68. The summed E-state index contributed by atoms with van der Waals surface area (Å²) in [6, 6.07) is 20.9. The van der Waals surface area contributed by atoms with Crippen LogP contribution in [0, 0.1) is 6.92 Å².